The van der Waals surface area contributed by atoms with Crippen LogP contribution < -0.4 is 4.90 Å². The molecule has 0 amide bonds. The van der Waals surface area contributed by atoms with Crippen LogP contribution in [-0.4, -0.2) is 35.3 Å². The maximum Gasteiger partial charge on any atom is 0.362 e. The van der Waals surface area contributed by atoms with Gasteiger partial charge in [-0.25, -0.2) is 4.79 Å². The number of carbonyl (C=O) groups is 1. The van der Waals surface area contributed by atoms with Crippen LogP contribution in [0.25, 0.3) is 0 Å². The Labute approximate surface area is 105 Å². The minimum atomic E-state index is -0.361. The maximum atomic E-state index is 11.7. The van der Waals surface area contributed by atoms with Crippen LogP contribution in [0, 0.1) is 0 Å². The van der Waals surface area contributed by atoms with Crippen LogP contribution >= 0.6 is 11.5 Å². The minimum Gasteiger partial charge on any atom is -0.461 e. The predicted molar refractivity (Wildman–Crippen MR) is 66.5 cm³/mol. The minimum absolute atomic E-state index is 0.361. The van der Waals surface area contributed by atoms with E-state index in [1.54, 1.807) is 6.92 Å². The van der Waals surface area contributed by atoms with E-state index in [4.69, 9.17) is 4.74 Å². The summed E-state index contributed by atoms with van der Waals surface area (Å²) in [6.07, 6.45) is 4.86. The highest BCUT2D eigenvalue weighted by atomic mass is 32.1. The van der Waals surface area contributed by atoms with Crippen molar-refractivity contribution in [3.05, 3.63) is 5.69 Å². The number of hydrogen-bond acceptors (Lipinski definition) is 6. The third-order valence-corrected chi connectivity index (χ3v) is 3.62. The first kappa shape index (κ1) is 12.3. The van der Waals surface area contributed by atoms with E-state index in [-0.39, 0.29) is 5.97 Å². The van der Waals surface area contributed by atoms with E-state index < -0.39 is 0 Å². The lowest BCUT2D eigenvalue weighted by Gasteiger charge is -2.20. The molecular formula is C11H17N3O2S. The predicted octanol–water partition coefficient (Wildman–Crippen LogP) is 2.10. The van der Waals surface area contributed by atoms with Gasteiger partial charge in [0.2, 0.25) is 5.69 Å². The van der Waals surface area contributed by atoms with Gasteiger partial charge in [0, 0.05) is 24.6 Å². The van der Waals surface area contributed by atoms with Gasteiger partial charge in [0.25, 0.3) is 0 Å². The van der Waals surface area contributed by atoms with Gasteiger partial charge in [-0.1, -0.05) is 17.3 Å². The Kier molecular flexibility index (Phi) is 4.30. The molecule has 0 atom stereocenters. The quantitative estimate of drug-likeness (QED) is 0.774. The van der Waals surface area contributed by atoms with Gasteiger partial charge in [-0.3, -0.25) is 0 Å². The van der Waals surface area contributed by atoms with E-state index in [1.807, 2.05) is 0 Å². The van der Waals surface area contributed by atoms with Crippen LogP contribution in [-0.2, 0) is 4.74 Å². The summed E-state index contributed by atoms with van der Waals surface area (Å²) in [5, 5.41) is 4.76. The molecule has 2 heterocycles. The van der Waals surface area contributed by atoms with Crippen LogP contribution in [0.1, 0.15) is 43.1 Å². The summed E-state index contributed by atoms with van der Waals surface area (Å²) in [5.41, 5.74) is 0.374. The average Bonchev–Trinajstić information content (AvgIpc) is 2.65. The molecule has 5 nitrogen and oxygen atoms in total. The molecule has 0 radical (unpaired) electrons. The number of aromatic nitrogens is 2. The van der Waals surface area contributed by atoms with Crippen molar-refractivity contribution in [1.82, 2.24) is 9.59 Å². The number of hydrogen-bond donors (Lipinski definition) is 0. The van der Waals surface area contributed by atoms with Crippen molar-refractivity contribution in [2.45, 2.75) is 32.6 Å². The Hall–Kier alpha value is -1.17. The highest BCUT2D eigenvalue weighted by molar-refractivity contribution is 7.10. The number of esters is 1. The summed E-state index contributed by atoms with van der Waals surface area (Å²) >= 11 is 1.28. The van der Waals surface area contributed by atoms with Crippen LogP contribution in [0.5, 0.6) is 0 Å². The van der Waals surface area contributed by atoms with Crippen LogP contribution in [0.4, 0.5) is 5.00 Å². The molecule has 1 fully saturated rings. The molecule has 0 N–H and O–H groups in total. The zero-order valence-electron chi connectivity index (χ0n) is 10.0. The monoisotopic (exact) mass is 255 g/mol. The number of nitrogens with zero attached hydrogens (tertiary/aromatic N) is 3. The lowest BCUT2D eigenvalue weighted by atomic mass is 10.2. The summed E-state index contributed by atoms with van der Waals surface area (Å²) in [6.45, 7) is 4.13. The molecule has 1 aromatic rings. The van der Waals surface area contributed by atoms with Gasteiger partial charge in [0.15, 0.2) is 0 Å². The Morgan fingerprint density at radius 1 is 1.35 bits per heavy atom. The third kappa shape index (κ3) is 2.94. The second kappa shape index (κ2) is 5.95. The fourth-order valence-corrected chi connectivity index (χ4v) is 2.70. The van der Waals surface area contributed by atoms with Crippen LogP contribution in [0.2, 0.25) is 0 Å². The summed E-state index contributed by atoms with van der Waals surface area (Å²) in [5.74, 6) is -0.361. The molecule has 0 bridgehead atoms. The van der Waals surface area contributed by atoms with Crippen LogP contribution in [0.3, 0.4) is 0 Å². The van der Waals surface area contributed by atoms with E-state index in [0.717, 1.165) is 18.1 Å². The fraction of sp³-hybridized carbons (Fsp3) is 0.727. The van der Waals surface area contributed by atoms with Gasteiger partial charge in [-0.05, 0) is 19.8 Å². The Morgan fingerprint density at radius 2 is 2.06 bits per heavy atom. The highest BCUT2D eigenvalue weighted by Crippen LogP contribution is 2.26. The lowest BCUT2D eigenvalue weighted by molar-refractivity contribution is 0.0520. The number of carbonyl (C=O) groups excluding carboxylic acids is 1. The van der Waals surface area contributed by atoms with Gasteiger partial charge < -0.3 is 9.64 Å². The first-order valence-corrected chi connectivity index (χ1v) is 6.84. The van der Waals surface area contributed by atoms with E-state index in [0.29, 0.717) is 12.3 Å². The first-order valence-electron chi connectivity index (χ1n) is 6.07. The zero-order valence-corrected chi connectivity index (χ0v) is 10.8. The average molecular weight is 255 g/mol. The molecular weight excluding hydrogens is 238 g/mol. The molecule has 6 heteroatoms. The molecule has 0 unspecified atom stereocenters. The topological polar surface area (TPSA) is 55.3 Å². The second-order valence-corrected chi connectivity index (χ2v) is 4.78. The molecule has 1 saturated heterocycles. The molecule has 1 aliphatic rings. The Bertz CT molecular complexity index is 373. The molecule has 0 spiro atoms. The lowest BCUT2D eigenvalue weighted by Crippen LogP contribution is -2.25. The number of anilines is 1. The molecule has 1 aromatic heterocycles. The van der Waals surface area contributed by atoms with Gasteiger partial charge in [-0.15, -0.1) is 5.10 Å². The van der Waals surface area contributed by atoms with Crippen molar-refractivity contribution >= 4 is 22.5 Å². The zero-order chi connectivity index (χ0) is 12.1. The Morgan fingerprint density at radius 3 is 2.71 bits per heavy atom. The molecule has 17 heavy (non-hydrogen) atoms. The van der Waals surface area contributed by atoms with Crippen molar-refractivity contribution in [3.8, 4) is 0 Å². The molecule has 94 valence electrons. The van der Waals surface area contributed by atoms with E-state index >= 15 is 0 Å². The van der Waals surface area contributed by atoms with Gasteiger partial charge in [0.1, 0.15) is 5.00 Å². The third-order valence-electron chi connectivity index (χ3n) is 2.83. The molecule has 1 aliphatic heterocycles. The SMILES string of the molecule is CCOC(=O)c1nnsc1N1CCCCCC1. The molecule has 0 aliphatic carbocycles. The van der Waals surface area contributed by atoms with Gasteiger partial charge >= 0.3 is 5.97 Å². The molecule has 0 aromatic carbocycles. The highest BCUT2D eigenvalue weighted by Gasteiger charge is 2.22. The van der Waals surface area contributed by atoms with Crippen LogP contribution in [0.15, 0.2) is 0 Å². The second-order valence-electron chi connectivity index (χ2n) is 4.05. The molecule has 2 rings (SSSR count). The smallest absolute Gasteiger partial charge is 0.362 e. The van der Waals surface area contributed by atoms with E-state index in [9.17, 15) is 4.79 Å². The van der Waals surface area contributed by atoms with E-state index in [2.05, 4.69) is 14.5 Å². The summed E-state index contributed by atoms with van der Waals surface area (Å²) < 4.78 is 8.87. The number of ether oxygens (including phenoxy) is 1. The summed E-state index contributed by atoms with van der Waals surface area (Å²) in [4.78, 5) is 13.9. The first-order chi connectivity index (χ1) is 8.33. The van der Waals surface area contributed by atoms with Gasteiger partial charge in [0.05, 0.1) is 6.61 Å². The van der Waals surface area contributed by atoms with Gasteiger partial charge in [-0.2, -0.15) is 0 Å². The van der Waals surface area contributed by atoms with Crippen molar-refractivity contribution in [2.75, 3.05) is 24.6 Å². The van der Waals surface area contributed by atoms with Crippen molar-refractivity contribution < 1.29 is 9.53 Å². The Balaban J connectivity index is 2.14. The summed E-state index contributed by atoms with van der Waals surface area (Å²) in [6, 6.07) is 0. The van der Waals surface area contributed by atoms with Crippen molar-refractivity contribution in [3.63, 3.8) is 0 Å². The normalized spacial score (nSPS) is 16.6. The van der Waals surface area contributed by atoms with E-state index in [1.165, 1.54) is 37.2 Å². The van der Waals surface area contributed by atoms with Crippen molar-refractivity contribution in [1.29, 1.82) is 0 Å². The largest absolute Gasteiger partial charge is 0.461 e. The van der Waals surface area contributed by atoms with Crippen molar-refractivity contribution in [2.24, 2.45) is 0 Å². The summed E-state index contributed by atoms with van der Waals surface area (Å²) in [7, 11) is 0. The fourth-order valence-electron chi connectivity index (χ4n) is 1.99. The number of rotatable bonds is 3. The standard InChI is InChI=1S/C11H17N3O2S/c1-2-16-11(15)9-10(17-13-12-9)14-7-5-3-4-6-8-14/h2-8H2,1H3. The maximum absolute atomic E-state index is 11.7. The molecule has 0 saturated carbocycles.